The summed E-state index contributed by atoms with van der Waals surface area (Å²) in [7, 11) is 0. The van der Waals surface area contributed by atoms with E-state index in [4.69, 9.17) is 9.26 Å². The number of fused-ring (bicyclic) bond motifs is 1. The van der Waals surface area contributed by atoms with E-state index in [0.717, 1.165) is 43.1 Å². The summed E-state index contributed by atoms with van der Waals surface area (Å²) >= 11 is 0. The number of nitrogens with one attached hydrogen (secondary N) is 1. The molecule has 0 unspecified atom stereocenters. The Morgan fingerprint density at radius 2 is 2.03 bits per heavy atom. The molecule has 2 aliphatic heterocycles. The number of aryl methyl sites for hydroxylation is 1. The smallest absolute Gasteiger partial charge is 0.345 e. The van der Waals surface area contributed by atoms with Gasteiger partial charge in [0.05, 0.1) is 42.0 Å². The van der Waals surface area contributed by atoms with Gasteiger partial charge in [-0.3, -0.25) is 4.79 Å². The maximum Gasteiger partial charge on any atom is 0.345 e. The summed E-state index contributed by atoms with van der Waals surface area (Å²) < 4.78 is 41.7. The monoisotopic (exact) mass is 536 g/mol. The molecule has 1 saturated carbocycles. The van der Waals surface area contributed by atoms with Crippen LogP contribution in [-0.4, -0.2) is 64.7 Å². The number of rotatable bonds is 7. The number of anilines is 2. The van der Waals surface area contributed by atoms with Gasteiger partial charge >= 0.3 is 6.61 Å². The largest absolute Gasteiger partial charge is 0.380 e. The third-order valence-electron chi connectivity index (χ3n) is 7.91. The molecule has 3 fully saturated rings. The predicted molar refractivity (Wildman–Crippen MR) is 136 cm³/mol. The van der Waals surface area contributed by atoms with Crippen LogP contribution in [0.3, 0.4) is 0 Å². The minimum absolute atomic E-state index is 0.107. The number of amides is 1. The van der Waals surface area contributed by atoms with Crippen LogP contribution in [0.1, 0.15) is 40.6 Å². The second kappa shape index (κ2) is 9.09. The fourth-order valence-corrected chi connectivity index (χ4v) is 5.49. The molecule has 5 heterocycles. The molecule has 3 aliphatic rings. The summed E-state index contributed by atoms with van der Waals surface area (Å²) in [5, 5.41) is 11.4. The molecule has 7 rings (SSSR count). The fraction of sp³-hybridized carbons (Fsp3) is 0.407. The summed E-state index contributed by atoms with van der Waals surface area (Å²) in [6, 6.07) is 9.52. The molecule has 1 amide bonds. The Hall–Kier alpha value is -3.90. The lowest BCUT2D eigenvalue weighted by atomic mass is 9.78. The van der Waals surface area contributed by atoms with E-state index >= 15 is 0 Å². The van der Waals surface area contributed by atoms with Gasteiger partial charge in [-0.25, -0.2) is 4.52 Å². The Morgan fingerprint density at radius 3 is 2.77 bits per heavy atom. The third kappa shape index (κ3) is 4.33. The standard InChI is InChI=1S/C27H26F2N6O4/c1-15-2-3-16(23-32-25(39-33-23)17-6-19(7-17)38-26(28)29)8-21(15)31-24(36)20-10-30-35-5-4-18(9-22(20)35)34-11-27(12-34)13-37-14-27/h2-5,8-10,17,19,26H,6-7,11-14H2,1H3,(H,31,36). The van der Waals surface area contributed by atoms with Crippen molar-refractivity contribution in [2.75, 3.05) is 36.5 Å². The molecule has 1 aliphatic carbocycles. The van der Waals surface area contributed by atoms with Crippen LogP contribution in [0.25, 0.3) is 16.9 Å². The number of benzene rings is 1. The van der Waals surface area contributed by atoms with Gasteiger partial charge in [-0.15, -0.1) is 0 Å². The number of hydrogen-bond donors (Lipinski definition) is 1. The van der Waals surface area contributed by atoms with Crippen LogP contribution >= 0.6 is 0 Å². The van der Waals surface area contributed by atoms with Crippen molar-refractivity contribution in [1.29, 1.82) is 0 Å². The molecule has 202 valence electrons. The third-order valence-corrected chi connectivity index (χ3v) is 7.91. The van der Waals surface area contributed by atoms with Gasteiger partial charge in [-0.1, -0.05) is 17.3 Å². The zero-order chi connectivity index (χ0) is 26.7. The van der Waals surface area contributed by atoms with Crippen molar-refractivity contribution in [1.82, 2.24) is 19.8 Å². The number of nitrogens with zero attached hydrogens (tertiary/aromatic N) is 5. The Labute approximate surface area is 221 Å². The topological polar surface area (TPSA) is 107 Å². The second-order valence-corrected chi connectivity index (χ2v) is 10.7. The highest BCUT2D eigenvalue weighted by Gasteiger charge is 2.49. The van der Waals surface area contributed by atoms with E-state index in [9.17, 15) is 13.6 Å². The van der Waals surface area contributed by atoms with Crippen LogP contribution in [0.2, 0.25) is 0 Å². The summed E-state index contributed by atoms with van der Waals surface area (Å²) in [5.41, 5.74) is 4.69. The molecular weight excluding hydrogens is 510 g/mol. The molecule has 1 aromatic carbocycles. The highest BCUT2D eigenvalue weighted by Crippen LogP contribution is 2.41. The lowest BCUT2D eigenvalue weighted by Gasteiger charge is -2.56. The van der Waals surface area contributed by atoms with Crippen LogP contribution in [0.5, 0.6) is 0 Å². The van der Waals surface area contributed by atoms with E-state index in [1.54, 1.807) is 16.8 Å². The van der Waals surface area contributed by atoms with E-state index in [-0.39, 0.29) is 17.2 Å². The van der Waals surface area contributed by atoms with E-state index in [1.165, 1.54) is 0 Å². The minimum atomic E-state index is -2.78. The average molecular weight is 537 g/mol. The van der Waals surface area contributed by atoms with Gasteiger partial charge < -0.3 is 24.2 Å². The van der Waals surface area contributed by atoms with Crippen molar-refractivity contribution in [2.45, 2.75) is 38.4 Å². The minimum Gasteiger partial charge on any atom is -0.380 e. The van der Waals surface area contributed by atoms with Gasteiger partial charge in [0.15, 0.2) is 0 Å². The predicted octanol–water partition coefficient (Wildman–Crippen LogP) is 4.27. The van der Waals surface area contributed by atoms with E-state index < -0.39 is 12.7 Å². The fourth-order valence-electron chi connectivity index (χ4n) is 5.49. The lowest BCUT2D eigenvalue weighted by molar-refractivity contribution is -0.185. The van der Waals surface area contributed by atoms with Crippen LogP contribution in [0.15, 0.2) is 47.2 Å². The zero-order valence-corrected chi connectivity index (χ0v) is 21.1. The van der Waals surface area contributed by atoms with Crippen molar-refractivity contribution in [2.24, 2.45) is 5.41 Å². The summed E-state index contributed by atoms with van der Waals surface area (Å²) in [5.74, 6) is 0.376. The van der Waals surface area contributed by atoms with Gasteiger partial charge in [0.1, 0.15) is 0 Å². The Balaban J connectivity index is 1.07. The lowest BCUT2D eigenvalue weighted by Crippen LogP contribution is -2.66. The first-order valence-corrected chi connectivity index (χ1v) is 12.9. The molecule has 12 heteroatoms. The number of halogens is 2. The van der Waals surface area contributed by atoms with Gasteiger partial charge in [0.2, 0.25) is 11.7 Å². The average Bonchev–Trinajstić information content (AvgIpc) is 3.48. The van der Waals surface area contributed by atoms with Crippen molar-refractivity contribution in [3.8, 4) is 11.4 Å². The number of alkyl halides is 2. The van der Waals surface area contributed by atoms with Gasteiger partial charge in [-0.05, 0) is 43.5 Å². The van der Waals surface area contributed by atoms with Crippen molar-refractivity contribution >= 4 is 22.8 Å². The van der Waals surface area contributed by atoms with E-state index in [0.29, 0.717) is 41.4 Å². The molecule has 0 radical (unpaired) electrons. The van der Waals surface area contributed by atoms with Crippen molar-refractivity contribution in [3.63, 3.8) is 0 Å². The first-order chi connectivity index (χ1) is 18.9. The summed E-state index contributed by atoms with van der Waals surface area (Å²) in [4.78, 5) is 20.1. The summed E-state index contributed by atoms with van der Waals surface area (Å²) in [6.07, 6.45) is 3.76. The molecule has 3 aromatic heterocycles. The maximum absolute atomic E-state index is 13.3. The van der Waals surface area contributed by atoms with Crippen LogP contribution < -0.4 is 10.2 Å². The Kier molecular flexibility index (Phi) is 5.63. The molecule has 10 nitrogen and oxygen atoms in total. The second-order valence-electron chi connectivity index (χ2n) is 10.7. The molecule has 1 N–H and O–H groups in total. The first kappa shape index (κ1) is 24.2. The molecule has 2 saturated heterocycles. The van der Waals surface area contributed by atoms with Crippen molar-refractivity contribution < 1.29 is 27.6 Å². The van der Waals surface area contributed by atoms with Crippen molar-refractivity contribution in [3.05, 3.63) is 59.7 Å². The van der Waals surface area contributed by atoms with Gasteiger partial charge in [0.25, 0.3) is 5.91 Å². The highest BCUT2D eigenvalue weighted by atomic mass is 19.3. The number of ether oxygens (including phenoxy) is 2. The molecule has 39 heavy (non-hydrogen) atoms. The zero-order valence-electron chi connectivity index (χ0n) is 21.1. The Bertz CT molecular complexity index is 1550. The molecule has 0 bridgehead atoms. The normalized spacial score (nSPS) is 21.6. The number of aromatic nitrogens is 4. The molecular formula is C27H26F2N6O4. The maximum atomic E-state index is 13.3. The van der Waals surface area contributed by atoms with Crippen LogP contribution in [-0.2, 0) is 9.47 Å². The van der Waals surface area contributed by atoms with Crippen LogP contribution in [0.4, 0.5) is 20.2 Å². The SMILES string of the molecule is Cc1ccc(-c2noc(C3CC(OC(F)F)C3)n2)cc1NC(=O)c1cnn2ccc(N3CC4(COC4)C3)cc12. The molecule has 4 aromatic rings. The quantitative estimate of drug-likeness (QED) is 0.373. The number of carbonyl (C=O) groups excluding carboxylic acids is 1. The Morgan fingerprint density at radius 1 is 1.21 bits per heavy atom. The number of hydrogen-bond acceptors (Lipinski definition) is 8. The molecule has 1 spiro atoms. The molecule has 0 atom stereocenters. The summed E-state index contributed by atoms with van der Waals surface area (Å²) in [6.45, 7) is 2.64. The number of carbonyl (C=O) groups is 1. The van der Waals surface area contributed by atoms with Crippen LogP contribution in [0, 0.1) is 12.3 Å². The number of pyridine rings is 1. The van der Waals surface area contributed by atoms with E-state index in [1.807, 2.05) is 37.4 Å². The van der Waals surface area contributed by atoms with Gasteiger partial charge in [0, 0.05) is 42.1 Å². The first-order valence-electron chi connectivity index (χ1n) is 12.9. The van der Waals surface area contributed by atoms with Gasteiger partial charge in [-0.2, -0.15) is 18.9 Å². The van der Waals surface area contributed by atoms with E-state index in [2.05, 4.69) is 30.2 Å². The highest BCUT2D eigenvalue weighted by molar-refractivity contribution is 6.09.